The van der Waals surface area contributed by atoms with Crippen LogP contribution in [-0.2, 0) is 14.8 Å². The summed E-state index contributed by atoms with van der Waals surface area (Å²) in [4.78, 5) is 21.6. The zero-order valence-electron chi connectivity index (χ0n) is 10.7. The quantitative estimate of drug-likeness (QED) is 0.566. The molecule has 20 heavy (non-hydrogen) atoms. The van der Waals surface area contributed by atoms with Gasteiger partial charge in [-0.15, -0.1) is 0 Å². The van der Waals surface area contributed by atoms with E-state index < -0.39 is 27.9 Å². The van der Waals surface area contributed by atoms with Crippen LogP contribution in [0.3, 0.4) is 0 Å². The van der Waals surface area contributed by atoms with Gasteiger partial charge >= 0.3 is 5.97 Å². The van der Waals surface area contributed by atoms with Gasteiger partial charge < -0.3 is 16.2 Å². The zero-order chi connectivity index (χ0) is 15.5. The van der Waals surface area contributed by atoms with Gasteiger partial charge in [-0.05, 0) is 25.1 Å². The number of hydrogen-bond donors (Lipinski definition) is 4. The molecule has 9 heteroatoms. The molecule has 110 valence electrons. The fraction of sp³-hybridized carbons (Fsp3) is 0.273. The van der Waals surface area contributed by atoms with Gasteiger partial charge in [0, 0.05) is 18.2 Å². The van der Waals surface area contributed by atoms with Crippen molar-refractivity contribution >= 4 is 27.6 Å². The van der Waals surface area contributed by atoms with Crippen LogP contribution in [0.2, 0.25) is 0 Å². The monoisotopic (exact) mass is 301 g/mol. The maximum Gasteiger partial charge on any atom is 0.337 e. The summed E-state index contributed by atoms with van der Waals surface area (Å²) in [6.45, 7) is 1.64. The standard InChI is InChI=1S/C11H15N3O5S/c1-6(4-10(12)15)14-9-3-2-7(20(13,18)19)5-8(9)11(16)17/h2-3,5-6,14H,4H2,1H3,(H2,12,15)(H,16,17)(H2,13,18,19). The van der Waals surface area contributed by atoms with Crippen LogP contribution in [0.15, 0.2) is 23.1 Å². The molecule has 0 fully saturated rings. The normalized spacial score (nSPS) is 12.7. The van der Waals surface area contributed by atoms with Gasteiger partial charge in [-0.1, -0.05) is 0 Å². The highest BCUT2D eigenvalue weighted by molar-refractivity contribution is 7.89. The Morgan fingerprint density at radius 3 is 2.45 bits per heavy atom. The number of hydrogen-bond acceptors (Lipinski definition) is 5. The van der Waals surface area contributed by atoms with E-state index in [0.717, 1.165) is 6.07 Å². The predicted molar refractivity (Wildman–Crippen MR) is 71.7 cm³/mol. The summed E-state index contributed by atoms with van der Waals surface area (Å²) in [5.74, 6) is -1.85. The third-order valence-electron chi connectivity index (χ3n) is 2.46. The second-order valence-corrected chi connectivity index (χ2v) is 5.83. The lowest BCUT2D eigenvalue weighted by atomic mass is 10.1. The van der Waals surface area contributed by atoms with Gasteiger partial charge in [0.2, 0.25) is 15.9 Å². The minimum atomic E-state index is -3.99. The van der Waals surface area contributed by atoms with Crippen LogP contribution >= 0.6 is 0 Å². The van der Waals surface area contributed by atoms with Crippen molar-refractivity contribution in [3.8, 4) is 0 Å². The number of carboxylic acid groups (broad SMARTS) is 1. The fourth-order valence-electron chi connectivity index (χ4n) is 1.62. The molecule has 0 bridgehead atoms. The number of benzene rings is 1. The lowest BCUT2D eigenvalue weighted by Crippen LogP contribution is -2.25. The van der Waals surface area contributed by atoms with E-state index in [-0.39, 0.29) is 22.6 Å². The lowest BCUT2D eigenvalue weighted by Gasteiger charge is -2.16. The SMILES string of the molecule is CC(CC(N)=O)Nc1ccc(S(N)(=O)=O)cc1C(=O)O. The molecule has 0 aliphatic carbocycles. The third-order valence-corrected chi connectivity index (χ3v) is 3.37. The minimum absolute atomic E-state index is 0.00992. The number of primary sulfonamides is 1. The summed E-state index contributed by atoms with van der Waals surface area (Å²) in [6, 6.07) is 3.02. The average molecular weight is 301 g/mol. The molecule has 0 spiro atoms. The lowest BCUT2D eigenvalue weighted by molar-refractivity contribution is -0.118. The first-order valence-corrected chi connectivity index (χ1v) is 7.11. The molecule has 0 saturated carbocycles. The molecule has 0 aromatic heterocycles. The maximum atomic E-state index is 11.2. The summed E-state index contributed by atoms with van der Waals surface area (Å²) in [7, 11) is -3.99. The average Bonchev–Trinajstić information content (AvgIpc) is 2.26. The van der Waals surface area contributed by atoms with Gasteiger partial charge in [-0.25, -0.2) is 18.4 Å². The smallest absolute Gasteiger partial charge is 0.337 e. The van der Waals surface area contributed by atoms with Gasteiger partial charge in [0.15, 0.2) is 0 Å². The second kappa shape index (κ2) is 5.88. The molecule has 1 aromatic rings. The van der Waals surface area contributed by atoms with Gasteiger partial charge in [0.05, 0.1) is 10.5 Å². The highest BCUT2D eigenvalue weighted by atomic mass is 32.2. The van der Waals surface area contributed by atoms with Gasteiger partial charge in [0.1, 0.15) is 0 Å². The van der Waals surface area contributed by atoms with E-state index in [1.807, 2.05) is 0 Å². The molecule has 1 unspecified atom stereocenters. The largest absolute Gasteiger partial charge is 0.478 e. The van der Waals surface area contributed by atoms with Crippen molar-refractivity contribution in [3.05, 3.63) is 23.8 Å². The number of nitrogens with one attached hydrogen (secondary N) is 1. The van der Waals surface area contributed by atoms with Crippen LogP contribution in [0.25, 0.3) is 0 Å². The number of primary amides is 1. The molecular formula is C11H15N3O5S. The molecule has 1 aromatic carbocycles. The molecule has 0 saturated heterocycles. The van der Waals surface area contributed by atoms with Crippen molar-refractivity contribution < 1.29 is 23.1 Å². The molecule has 1 rings (SSSR count). The summed E-state index contributed by atoms with van der Waals surface area (Å²) >= 11 is 0. The van der Waals surface area contributed by atoms with Crippen LogP contribution in [-0.4, -0.2) is 31.4 Å². The Kier molecular flexibility index (Phi) is 4.69. The van der Waals surface area contributed by atoms with Crippen LogP contribution < -0.4 is 16.2 Å². The summed E-state index contributed by atoms with van der Waals surface area (Å²) in [5.41, 5.74) is 4.96. The summed E-state index contributed by atoms with van der Waals surface area (Å²) < 4.78 is 22.4. The van der Waals surface area contributed by atoms with E-state index in [0.29, 0.717) is 0 Å². The van der Waals surface area contributed by atoms with Gasteiger partial charge in [0.25, 0.3) is 0 Å². The number of carbonyl (C=O) groups is 2. The van der Waals surface area contributed by atoms with E-state index in [9.17, 15) is 18.0 Å². The fourth-order valence-corrected chi connectivity index (χ4v) is 2.16. The summed E-state index contributed by atoms with van der Waals surface area (Å²) in [5, 5.41) is 16.8. The van der Waals surface area contributed by atoms with E-state index in [4.69, 9.17) is 16.0 Å². The third kappa shape index (κ3) is 4.21. The van der Waals surface area contributed by atoms with Crippen LogP contribution in [0.1, 0.15) is 23.7 Å². The van der Waals surface area contributed by atoms with Crippen LogP contribution in [0.4, 0.5) is 5.69 Å². The number of sulfonamides is 1. The maximum absolute atomic E-state index is 11.2. The Bertz CT molecular complexity index is 641. The molecule has 0 radical (unpaired) electrons. The molecule has 1 amide bonds. The number of rotatable bonds is 6. The molecule has 1 atom stereocenters. The van der Waals surface area contributed by atoms with E-state index >= 15 is 0 Å². The van der Waals surface area contributed by atoms with Crippen molar-refractivity contribution in [2.75, 3.05) is 5.32 Å². The Labute approximate surface area is 115 Å². The van der Waals surface area contributed by atoms with Crippen molar-refractivity contribution in [1.82, 2.24) is 0 Å². The van der Waals surface area contributed by atoms with Crippen LogP contribution in [0, 0.1) is 0 Å². The predicted octanol–water partition coefficient (Wildman–Crippen LogP) is -0.292. The first kappa shape index (κ1) is 15.9. The number of carboxylic acids is 1. The van der Waals surface area contributed by atoms with E-state index in [2.05, 4.69) is 5.32 Å². The number of carbonyl (C=O) groups excluding carboxylic acids is 1. The van der Waals surface area contributed by atoms with Crippen molar-refractivity contribution in [3.63, 3.8) is 0 Å². The van der Waals surface area contributed by atoms with E-state index in [1.54, 1.807) is 6.92 Å². The topological polar surface area (TPSA) is 153 Å². The summed E-state index contributed by atoms with van der Waals surface area (Å²) in [6.07, 6.45) is 0.00992. The molecule has 6 N–H and O–H groups in total. The first-order chi connectivity index (χ1) is 9.11. The van der Waals surface area contributed by atoms with Crippen molar-refractivity contribution in [2.45, 2.75) is 24.3 Å². The number of aromatic carboxylic acids is 1. The Balaban J connectivity index is 3.15. The highest BCUT2D eigenvalue weighted by Gasteiger charge is 2.17. The number of nitrogens with two attached hydrogens (primary N) is 2. The zero-order valence-corrected chi connectivity index (χ0v) is 11.5. The van der Waals surface area contributed by atoms with Gasteiger partial charge in [-0.3, -0.25) is 4.79 Å². The Hall–Kier alpha value is -2.13. The van der Waals surface area contributed by atoms with Crippen molar-refractivity contribution in [1.29, 1.82) is 0 Å². The first-order valence-electron chi connectivity index (χ1n) is 5.56. The number of anilines is 1. The van der Waals surface area contributed by atoms with Gasteiger partial charge in [-0.2, -0.15) is 0 Å². The Morgan fingerprint density at radius 2 is 2.00 bits per heavy atom. The number of amides is 1. The highest BCUT2D eigenvalue weighted by Crippen LogP contribution is 2.21. The Morgan fingerprint density at radius 1 is 1.40 bits per heavy atom. The van der Waals surface area contributed by atoms with E-state index in [1.165, 1.54) is 12.1 Å². The van der Waals surface area contributed by atoms with Crippen LogP contribution in [0.5, 0.6) is 0 Å². The molecular weight excluding hydrogens is 286 g/mol. The minimum Gasteiger partial charge on any atom is -0.478 e. The van der Waals surface area contributed by atoms with Crippen molar-refractivity contribution in [2.24, 2.45) is 10.9 Å². The second-order valence-electron chi connectivity index (χ2n) is 4.27. The molecule has 8 nitrogen and oxygen atoms in total. The molecule has 0 heterocycles. The molecule has 0 aliphatic rings. The molecule has 0 aliphatic heterocycles.